The molecule has 8 nitrogen and oxygen atoms in total. The number of methoxy groups -OCH3 is 1. The Hall–Kier alpha value is -2.19. The van der Waals surface area contributed by atoms with Gasteiger partial charge in [0.05, 0.1) is 31.4 Å². The van der Waals surface area contributed by atoms with Crippen molar-refractivity contribution in [2.45, 2.75) is 81.8 Å². The average molecular weight is 486 g/mol. The summed E-state index contributed by atoms with van der Waals surface area (Å²) in [5.41, 5.74) is 0.182. The lowest BCUT2D eigenvalue weighted by Gasteiger charge is -2.58. The Kier molecular flexibility index (Phi) is 6.79. The first-order chi connectivity index (χ1) is 16.8. The van der Waals surface area contributed by atoms with Crippen LogP contribution in [0.15, 0.2) is 12.1 Å². The molecule has 4 aliphatic carbocycles. The number of esters is 1. The van der Waals surface area contributed by atoms with E-state index in [4.69, 9.17) is 14.5 Å². The molecule has 3 N–H and O–H groups in total. The standard InChI is InChI=1S/C27H39N3O5/c1-3-9-35-25-20(5-6-21(29-25)26(15-22(31)34-2)7-4-8-28-16-26)24(32)30-23-18-10-17-11-19(23)14-27(33,12-17)13-18/h5-6,17-19,23,28,33H,3-4,7-16H2,1-2H3,(H,30,32)/t17?,18?,19?,23-,26-,27+/m0/s1. The number of amides is 1. The highest BCUT2D eigenvalue weighted by Gasteiger charge is 2.55. The fourth-order valence-electron chi connectivity index (χ4n) is 7.44. The Morgan fingerprint density at radius 3 is 2.63 bits per heavy atom. The Balaban J connectivity index is 1.40. The third-order valence-electron chi connectivity index (χ3n) is 8.81. The highest BCUT2D eigenvalue weighted by molar-refractivity contribution is 5.96. The molecular weight excluding hydrogens is 446 g/mol. The van der Waals surface area contributed by atoms with E-state index >= 15 is 0 Å². The van der Waals surface area contributed by atoms with E-state index in [0.717, 1.165) is 63.6 Å². The number of carbonyl (C=O) groups is 2. The van der Waals surface area contributed by atoms with Crippen molar-refractivity contribution < 1.29 is 24.2 Å². The fourth-order valence-corrected chi connectivity index (χ4v) is 7.44. The van der Waals surface area contributed by atoms with E-state index in [1.165, 1.54) is 7.11 Å². The lowest BCUT2D eigenvalue weighted by Crippen LogP contribution is -2.61. The van der Waals surface area contributed by atoms with Crippen LogP contribution in [0.1, 0.15) is 80.8 Å². The van der Waals surface area contributed by atoms with Crippen LogP contribution in [-0.4, -0.2) is 60.4 Å². The molecule has 3 atom stereocenters. The molecule has 35 heavy (non-hydrogen) atoms. The van der Waals surface area contributed by atoms with E-state index in [2.05, 4.69) is 10.6 Å². The number of nitrogens with zero attached hydrogens (tertiary/aromatic N) is 1. The van der Waals surface area contributed by atoms with Crippen LogP contribution in [-0.2, 0) is 14.9 Å². The third kappa shape index (κ3) is 4.79. The predicted octanol–water partition coefficient (Wildman–Crippen LogP) is 2.72. The van der Waals surface area contributed by atoms with Crippen molar-refractivity contribution in [3.63, 3.8) is 0 Å². The van der Waals surface area contributed by atoms with E-state index in [0.29, 0.717) is 42.3 Å². The number of ether oxygens (including phenoxy) is 2. The molecule has 0 radical (unpaired) electrons. The fraction of sp³-hybridized carbons (Fsp3) is 0.741. The van der Waals surface area contributed by atoms with Gasteiger partial charge in [0.15, 0.2) is 0 Å². The smallest absolute Gasteiger partial charge is 0.306 e. The molecule has 1 aliphatic heterocycles. The van der Waals surface area contributed by atoms with Gasteiger partial charge in [0.1, 0.15) is 5.56 Å². The maximum Gasteiger partial charge on any atom is 0.306 e. The molecule has 1 aromatic heterocycles. The molecule has 1 saturated heterocycles. The van der Waals surface area contributed by atoms with Crippen molar-refractivity contribution in [2.75, 3.05) is 26.8 Å². The second-order valence-electron chi connectivity index (χ2n) is 11.4. The molecule has 1 aromatic rings. The number of piperidine rings is 1. The molecule has 5 fully saturated rings. The maximum atomic E-state index is 13.5. The molecular formula is C27H39N3O5. The molecule has 0 aromatic carbocycles. The van der Waals surface area contributed by atoms with Gasteiger partial charge in [0, 0.05) is 18.0 Å². The number of aliphatic hydroxyl groups is 1. The normalized spacial score (nSPS) is 35.5. The number of rotatable bonds is 8. The summed E-state index contributed by atoms with van der Waals surface area (Å²) >= 11 is 0. The third-order valence-corrected chi connectivity index (χ3v) is 8.81. The summed E-state index contributed by atoms with van der Waals surface area (Å²) in [5, 5.41) is 17.6. The zero-order valence-electron chi connectivity index (χ0n) is 21.0. The molecule has 2 unspecified atom stereocenters. The summed E-state index contributed by atoms with van der Waals surface area (Å²) in [4.78, 5) is 30.6. The summed E-state index contributed by atoms with van der Waals surface area (Å²) in [6, 6.07) is 3.77. The van der Waals surface area contributed by atoms with E-state index in [-0.39, 0.29) is 24.3 Å². The van der Waals surface area contributed by atoms with E-state index in [1.54, 1.807) is 6.07 Å². The summed E-state index contributed by atoms with van der Waals surface area (Å²) in [6.07, 6.45) is 7.44. The molecule has 8 heteroatoms. The van der Waals surface area contributed by atoms with Gasteiger partial charge < -0.3 is 25.2 Å². The molecule has 4 bridgehead atoms. The summed E-state index contributed by atoms with van der Waals surface area (Å²) in [6.45, 7) is 4.01. The van der Waals surface area contributed by atoms with Gasteiger partial charge in [-0.2, -0.15) is 0 Å². The minimum absolute atomic E-state index is 0.0891. The first-order valence-corrected chi connectivity index (χ1v) is 13.3. The first-order valence-electron chi connectivity index (χ1n) is 13.3. The zero-order valence-corrected chi connectivity index (χ0v) is 21.0. The van der Waals surface area contributed by atoms with Gasteiger partial charge in [-0.25, -0.2) is 4.98 Å². The van der Waals surface area contributed by atoms with Crippen LogP contribution < -0.4 is 15.4 Å². The Morgan fingerprint density at radius 2 is 2.00 bits per heavy atom. The number of carbonyl (C=O) groups excluding carboxylic acids is 2. The minimum atomic E-state index is -0.529. The predicted molar refractivity (Wildman–Crippen MR) is 130 cm³/mol. The maximum absolute atomic E-state index is 13.5. The molecule has 0 spiro atoms. The van der Waals surface area contributed by atoms with Gasteiger partial charge in [0.2, 0.25) is 5.88 Å². The molecule has 5 aliphatic rings. The highest BCUT2D eigenvalue weighted by Crippen LogP contribution is 2.55. The van der Waals surface area contributed by atoms with Gasteiger partial charge in [-0.05, 0) is 87.8 Å². The number of nitrogens with one attached hydrogen (secondary N) is 2. The molecule has 192 valence electrons. The lowest BCUT2D eigenvalue weighted by molar-refractivity contribution is -0.142. The van der Waals surface area contributed by atoms with Gasteiger partial charge in [-0.15, -0.1) is 0 Å². The van der Waals surface area contributed by atoms with Crippen molar-refractivity contribution in [1.82, 2.24) is 15.6 Å². The van der Waals surface area contributed by atoms with Crippen LogP contribution >= 0.6 is 0 Å². The highest BCUT2D eigenvalue weighted by atomic mass is 16.5. The Morgan fingerprint density at radius 1 is 1.23 bits per heavy atom. The monoisotopic (exact) mass is 485 g/mol. The first kappa shape index (κ1) is 24.5. The molecule has 1 amide bonds. The quantitative estimate of drug-likeness (QED) is 0.486. The van der Waals surface area contributed by atoms with Crippen molar-refractivity contribution in [2.24, 2.45) is 17.8 Å². The zero-order chi connectivity index (χ0) is 24.6. The van der Waals surface area contributed by atoms with Crippen LogP contribution in [0.2, 0.25) is 0 Å². The molecule has 6 rings (SSSR count). The Labute approximate surface area is 207 Å². The Bertz CT molecular complexity index is 944. The van der Waals surface area contributed by atoms with Crippen molar-refractivity contribution >= 4 is 11.9 Å². The average Bonchev–Trinajstić information content (AvgIpc) is 2.84. The van der Waals surface area contributed by atoms with Crippen LogP contribution in [0.25, 0.3) is 0 Å². The summed E-state index contributed by atoms with van der Waals surface area (Å²) in [5.74, 6) is 1.16. The van der Waals surface area contributed by atoms with Crippen LogP contribution in [0.5, 0.6) is 5.88 Å². The van der Waals surface area contributed by atoms with Gasteiger partial charge >= 0.3 is 5.97 Å². The van der Waals surface area contributed by atoms with Crippen molar-refractivity contribution in [3.05, 3.63) is 23.4 Å². The number of aromatic nitrogens is 1. The van der Waals surface area contributed by atoms with Gasteiger partial charge in [-0.3, -0.25) is 9.59 Å². The van der Waals surface area contributed by atoms with E-state index in [9.17, 15) is 14.7 Å². The number of pyridine rings is 1. The van der Waals surface area contributed by atoms with Crippen LogP contribution in [0, 0.1) is 17.8 Å². The van der Waals surface area contributed by atoms with E-state index < -0.39 is 11.0 Å². The van der Waals surface area contributed by atoms with Crippen LogP contribution in [0.4, 0.5) is 0 Å². The second-order valence-corrected chi connectivity index (χ2v) is 11.4. The molecule has 4 saturated carbocycles. The van der Waals surface area contributed by atoms with Gasteiger partial charge in [0.25, 0.3) is 5.91 Å². The lowest BCUT2D eigenvalue weighted by atomic mass is 9.52. The summed E-state index contributed by atoms with van der Waals surface area (Å²) < 4.78 is 11.0. The van der Waals surface area contributed by atoms with Crippen molar-refractivity contribution in [1.29, 1.82) is 0 Å². The van der Waals surface area contributed by atoms with Gasteiger partial charge in [-0.1, -0.05) is 6.92 Å². The largest absolute Gasteiger partial charge is 0.477 e. The van der Waals surface area contributed by atoms with E-state index in [1.807, 2.05) is 13.0 Å². The topological polar surface area (TPSA) is 110 Å². The second kappa shape index (κ2) is 9.69. The summed E-state index contributed by atoms with van der Waals surface area (Å²) in [7, 11) is 1.41. The minimum Gasteiger partial charge on any atom is -0.477 e. The van der Waals surface area contributed by atoms with Crippen molar-refractivity contribution in [3.8, 4) is 5.88 Å². The number of hydrogen-bond donors (Lipinski definition) is 3. The SMILES string of the molecule is CCCOc1nc([C@]2(CC(=O)OC)CCCNC2)ccc1C(=O)N[C@H]1C2CC3CC1C[C@@](O)(C3)C2. The number of hydrogen-bond acceptors (Lipinski definition) is 7. The molecule has 2 heterocycles. The van der Waals surface area contributed by atoms with Crippen LogP contribution in [0.3, 0.4) is 0 Å².